The molecule has 3 aromatic heterocycles. The zero-order valence-electron chi connectivity index (χ0n) is 25.1. The molecular formula is C33H36F3N7O3. The SMILES string of the molecule is Nc1ncc(/C=C/CCCCCC(=O)O)c2c1c(-c1ccc(C(=O)Nc3cc(C(F)(F)F)ccn3)cc1)nn2[C@@H]1CCC[C@@H](N)C1. The molecule has 0 saturated heterocycles. The van der Waals surface area contributed by atoms with Crippen LogP contribution in [-0.2, 0) is 11.0 Å². The summed E-state index contributed by atoms with van der Waals surface area (Å²) in [5, 5.41) is 17.0. The second kappa shape index (κ2) is 14.1. The van der Waals surface area contributed by atoms with Gasteiger partial charge in [0.25, 0.3) is 5.91 Å². The number of halogens is 3. The second-order valence-corrected chi connectivity index (χ2v) is 11.6. The molecule has 46 heavy (non-hydrogen) atoms. The van der Waals surface area contributed by atoms with Crippen LogP contribution in [0.25, 0.3) is 28.2 Å². The number of rotatable bonds is 11. The van der Waals surface area contributed by atoms with E-state index in [4.69, 9.17) is 21.7 Å². The number of nitrogens with zero attached hydrogens (tertiary/aromatic N) is 4. The number of nitrogen functional groups attached to an aromatic ring is 1. The molecule has 1 aliphatic carbocycles. The van der Waals surface area contributed by atoms with Gasteiger partial charge in [0.05, 0.1) is 22.5 Å². The molecule has 0 unspecified atom stereocenters. The monoisotopic (exact) mass is 635 g/mol. The highest BCUT2D eigenvalue weighted by Gasteiger charge is 2.31. The van der Waals surface area contributed by atoms with Crippen LogP contribution >= 0.6 is 0 Å². The first-order valence-corrected chi connectivity index (χ1v) is 15.3. The van der Waals surface area contributed by atoms with E-state index in [2.05, 4.69) is 15.3 Å². The number of unbranched alkanes of at least 4 members (excludes halogenated alkanes) is 3. The van der Waals surface area contributed by atoms with Crippen molar-refractivity contribution in [2.24, 2.45) is 5.73 Å². The Morgan fingerprint density at radius 3 is 2.59 bits per heavy atom. The van der Waals surface area contributed by atoms with Crippen molar-refractivity contribution in [2.75, 3.05) is 11.1 Å². The highest BCUT2D eigenvalue weighted by Crippen LogP contribution is 2.38. The molecule has 242 valence electrons. The number of aliphatic carboxylic acids is 1. The summed E-state index contributed by atoms with van der Waals surface area (Å²) < 4.78 is 41.3. The van der Waals surface area contributed by atoms with Crippen LogP contribution in [0.1, 0.15) is 85.3 Å². The van der Waals surface area contributed by atoms with E-state index >= 15 is 0 Å². The normalized spacial score (nSPS) is 17.0. The molecule has 1 aliphatic rings. The average Bonchev–Trinajstić information content (AvgIpc) is 3.43. The summed E-state index contributed by atoms with van der Waals surface area (Å²) in [6.07, 6.45) is 9.02. The predicted molar refractivity (Wildman–Crippen MR) is 170 cm³/mol. The molecule has 5 rings (SSSR count). The molecule has 0 aliphatic heterocycles. The standard InChI is InChI=1S/C33H36F3N7O3/c34-33(35,36)23-15-16-39-26(17-23)41-32(46)21-13-11-20(12-14-21)29-28-30(43(42-29)25-9-6-8-24(37)18-25)22(19-40-31(28)38)7-4-2-1-3-5-10-27(44)45/h4,7,11-17,19,24-25H,1-3,5-6,8-10,18,37H2,(H2,38,40)(H,44,45)(H,39,41,46)/b7-4+/t24-,25-/m1/s1. The number of aromatic nitrogens is 4. The Hall–Kier alpha value is -4.78. The van der Waals surface area contributed by atoms with Crippen LogP contribution in [0, 0.1) is 0 Å². The van der Waals surface area contributed by atoms with Crippen LogP contribution in [0.15, 0.2) is 54.9 Å². The lowest BCUT2D eigenvalue weighted by Crippen LogP contribution is -2.29. The minimum Gasteiger partial charge on any atom is -0.481 e. The summed E-state index contributed by atoms with van der Waals surface area (Å²) in [6.45, 7) is 0. The maximum atomic E-state index is 13.1. The number of alkyl halides is 3. The van der Waals surface area contributed by atoms with Gasteiger partial charge >= 0.3 is 12.1 Å². The highest BCUT2D eigenvalue weighted by molar-refractivity contribution is 6.06. The molecule has 0 bridgehead atoms. The molecule has 1 fully saturated rings. The number of allylic oxidation sites excluding steroid dienone is 1. The minimum atomic E-state index is -4.56. The number of amides is 1. The summed E-state index contributed by atoms with van der Waals surface area (Å²) in [5.74, 6) is -1.30. The highest BCUT2D eigenvalue weighted by atomic mass is 19.4. The topological polar surface area (TPSA) is 162 Å². The lowest BCUT2D eigenvalue weighted by Gasteiger charge is -2.27. The van der Waals surface area contributed by atoms with Crippen LogP contribution in [0.4, 0.5) is 24.8 Å². The van der Waals surface area contributed by atoms with Gasteiger partial charge in [-0.25, -0.2) is 9.97 Å². The number of carbonyl (C=O) groups is 2. The van der Waals surface area contributed by atoms with Gasteiger partial charge in [-0.15, -0.1) is 0 Å². The van der Waals surface area contributed by atoms with Crippen molar-refractivity contribution in [3.8, 4) is 11.3 Å². The molecule has 0 radical (unpaired) electrons. The summed E-state index contributed by atoms with van der Waals surface area (Å²) in [6, 6.07) is 8.28. The Bertz CT molecular complexity index is 1740. The fraction of sp³-hybridized carbons (Fsp3) is 0.364. The molecule has 0 spiro atoms. The van der Waals surface area contributed by atoms with E-state index in [-0.39, 0.29) is 29.9 Å². The summed E-state index contributed by atoms with van der Waals surface area (Å²) >= 11 is 0. The van der Waals surface area contributed by atoms with E-state index in [0.717, 1.165) is 74.4 Å². The second-order valence-electron chi connectivity index (χ2n) is 11.6. The van der Waals surface area contributed by atoms with Gasteiger partial charge in [0.2, 0.25) is 0 Å². The zero-order valence-corrected chi connectivity index (χ0v) is 25.1. The van der Waals surface area contributed by atoms with E-state index in [1.807, 2.05) is 16.8 Å². The number of anilines is 2. The molecule has 1 amide bonds. The van der Waals surface area contributed by atoms with E-state index in [9.17, 15) is 22.8 Å². The van der Waals surface area contributed by atoms with Crippen molar-refractivity contribution in [1.82, 2.24) is 19.7 Å². The number of carboxylic acid groups (broad SMARTS) is 1. The van der Waals surface area contributed by atoms with Crippen LogP contribution in [-0.4, -0.2) is 42.8 Å². The molecule has 1 saturated carbocycles. The van der Waals surface area contributed by atoms with Crippen molar-refractivity contribution < 1.29 is 27.9 Å². The van der Waals surface area contributed by atoms with E-state index in [1.165, 1.54) is 0 Å². The predicted octanol–water partition coefficient (Wildman–Crippen LogP) is 6.84. The number of benzene rings is 1. The fourth-order valence-electron chi connectivity index (χ4n) is 5.80. The Balaban J connectivity index is 1.44. The maximum Gasteiger partial charge on any atom is 0.416 e. The van der Waals surface area contributed by atoms with E-state index in [1.54, 1.807) is 30.5 Å². The number of carbonyl (C=O) groups excluding carboxylic acids is 1. The smallest absolute Gasteiger partial charge is 0.416 e. The summed E-state index contributed by atoms with van der Waals surface area (Å²) in [7, 11) is 0. The number of fused-ring (bicyclic) bond motifs is 1. The third-order valence-electron chi connectivity index (χ3n) is 8.12. The number of hydrogen-bond donors (Lipinski definition) is 4. The number of nitrogens with two attached hydrogens (primary N) is 2. The fourth-order valence-corrected chi connectivity index (χ4v) is 5.80. The first-order chi connectivity index (χ1) is 22.0. The number of nitrogens with one attached hydrogen (secondary N) is 1. The molecule has 4 aromatic rings. The van der Waals surface area contributed by atoms with Gasteiger partial charge in [-0.1, -0.05) is 30.7 Å². The first-order valence-electron chi connectivity index (χ1n) is 15.3. The van der Waals surface area contributed by atoms with Gasteiger partial charge in [0.1, 0.15) is 17.3 Å². The van der Waals surface area contributed by atoms with Gasteiger partial charge in [-0.05, 0) is 69.2 Å². The Labute approximate surface area is 263 Å². The zero-order chi connectivity index (χ0) is 32.8. The number of pyridine rings is 2. The molecule has 13 heteroatoms. The molecule has 3 heterocycles. The Morgan fingerprint density at radius 2 is 1.87 bits per heavy atom. The number of carboxylic acids is 1. The summed E-state index contributed by atoms with van der Waals surface area (Å²) in [4.78, 5) is 31.9. The van der Waals surface area contributed by atoms with Crippen LogP contribution in [0.2, 0.25) is 0 Å². The molecular weight excluding hydrogens is 599 g/mol. The van der Waals surface area contributed by atoms with Gasteiger partial charge in [-0.3, -0.25) is 14.3 Å². The quantitative estimate of drug-likeness (QED) is 0.130. The van der Waals surface area contributed by atoms with Crippen molar-refractivity contribution in [2.45, 2.75) is 76.0 Å². The van der Waals surface area contributed by atoms with Crippen molar-refractivity contribution in [3.05, 3.63) is 71.6 Å². The van der Waals surface area contributed by atoms with Crippen molar-refractivity contribution >= 4 is 40.5 Å². The van der Waals surface area contributed by atoms with Gasteiger partial charge in [0, 0.05) is 41.5 Å². The van der Waals surface area contributed by atoms with E-state index < -0.39 is 23.6 Å². The van der Waals surface area contributed by atoms with Crippen molar-refractivity contribution in [1.29, 1.82) is 0 Å². The van der Waals surface area contributed by atoms with E-state index in [0.29, 0.717) is 28.9 Å². The maximum absolute atomic E-state index is 13.1. The molecule has 10 nitrogen and oxygen atoms in total. The van der Waals surface area contributed by atoms with Gasteiger partial charge in [0.15, 0.2) is 0 Å². The minimum absolute atomic E-state index is 0.0505. The third-order valence-corrected chi connectivity index (χ3v) is 8.12. The average molecular weight is 636 g/mol. The molecule has 2 atom stereocenters. The van der Waals surface area contributed by atoms with Crippen LogP contribution in [0.5, 0.6) is 0 Å². The van der Waals surface area contributed by atoms with Crippen molar-refractivity contribution in [3.63, 3.8) is 0 Å². The number of hydrogen-bond acceptors (Lipinski definition) is 7. The lowest BCUT2D eigenvalue weighted by molar-refractivity contribution is -0.138. The van der Waals surface area contributed by atoms with Gasteiger partial charge in [-0.2, -0.15) is 18.3 Å². The third kappa shape index (κ3) is 7.71. The van der Waals surface area contributed by atoms with Crippen LogP contribution in [0.3, 0.4) is 0 Å². The lowest BCUT2D eigenvalue weighted by atomic mass is 9.91. The molecule has 1 aromatic carbocycles. The van der Waals surface area contributed by atoms with Gasteiger partial charge < -0.3 is 21.9 Å². The first kappa shape index (κ1) is 32.6. The largest absolute Gasteiger partial charge is 0.481 e. The van der Waals surface area contributed by atoms with Crippen LogP contribution < -0.4 is 16.8 Å². The Kier molecular flexibility index (Phi) is 10.0. The summed E-state index contributed by atoms with van der Waals surface area (Å²) in [5.41, 5.74) is 15.1. The Morgan fingerprint density at radius 1 is 1.09 bits per heavy atom. The molecule has 6 N–H and O–H groups in total.